The van der Waals surface area contributed by atoms with Gasteiger partial charge in [-0.15, -0.1) is 0 Å². The Hall–Kier alpha value is -1.87. The van der Waals surface area contributed by atoms with E-state index in [9.17, 15) is 0 Å². The van der Waals surface area contributed by atoms with Crippen LogP contribution in [0.1, 0.15) is 5.69 Å². The third kappa shape index (κ3) is 1.59. The first-order valence-corrected chi connectivity index (χ1v) is 5.70. The molecule has 84 valence electrons. The highest BCUT2D eigenvalue weighted by molar-refractivity contribution is 6.32. The first-order chi connectivity index (χ1) is 8.27. The van der Waals surface area contributed by atoms with E-state index in [4.69, 9.17) is 11.6 Å². The fraction of sp³-hybridized carbons (Fsp3) is 0.0769. The lowest BCUT2D eigenvalue weighted by molar-refractivity contribution is 0.898. The zero-order valence-electron chi connectivity index (χ0n) is 9.26. The number of rotatable bonds is 1. The number of nitrogens with zero attached hydrogens (tertiary/aromatic N) is 3. The van der Waals surface area contributed by atoms with Crippen molar-refractivity contribution < 1.29 is 0 Å². The van der Waals surface area contributed by atoms with Crippen molar-refractivity contribution >= 4 is 17.2 Å². The lowest BCUT2D eigenvalue weighted by atomic mass is 10.1. The molecular weight excluding hydrogens is 234 g/mol. The molecule has 0 saturated carbocycles. The van der Waals surface area contributed by atoms with Crippen molar-refractivity contribution in [2.45, 2.75) is 6.92 Å². The zero-order chi connectivity index (χ0) is 11.8. The third-order valence-corrected chi connectivity index (χ3v) is 3.06. The van der Waals surface area contributed by atoms with Crippen molar-refractivity contribution in [3.8, 4) is 11.1 Å². The van der Waals surface area contributed by atoms with Crippen LogP contribution in [0.2, 0.25) is 5.15 Å². The predicted molar refractivity (Wildman–Crippen MR) is 68.2 cm³/mol. The Morgan fingerprint density at radius 1 is 1.12 bits per heavy atom. The average Bonchev–Trinajstić information content (AvgIpc) is 2.78. The fourth-order valence-corrected chi connectivity index (χ4v) is 2.32. The SMILES string of the molecule is Cc1c(-c2ccccc2)c(Cl)nc2ccnn12. The maximum Gasteiger partial charge on any atom is 0.157 e. The smallest absolute Gasteiger partial charge is 0.157 e. The van der Waals surface area contributed by atoms with Gasteiger partial charge < -0.3 is 0 Å². The second kappa shape index (κ2) is 3.86. The number of benzene rings is 1. The summed E-state index contributed by atoms with van der Waals surface area (Å²) in [5.41, 5.74) is 3.76. The minimum atomic E-state index is 0.515. The van der Waals surface area contributed by atoms with Crippen LogP contribution in [0.15, 0.2) is 42.6 Å². The van der Waals surface area contributed by atoms with Crippen LogP contribution in [0.5, 0.6) is 0 Å². The molecule has 0 aliphatic carbocycles. The van der Waals surface area contributed by atoms with Gasteiger partial charge in [-0.25, -0.2) is 9.50 Å². The Balaban J connectivity index is 2.36. The van der Waals surface area contributed by atoms with Crippen LogP contribution >= 0.6 is 11.6 Å². The minimum absolute atomic E-state index is 0.515. The van der Waals surface area contributed by atoms with E-state index < -0.39 is 0 Å². The molecule has 0 atom stereocenters. The summed E-state index contributed by atoms with van der Waals surface area (Å²) in [6.07, 6.45) is 1.72. The molecule has 0 spiro atoms. The van der Waals surface area contributed by atoms with Gasteiger partial charge in [0, 0.05) is 11.6 Å². The highest BCUT2D eigenvalue weighted by Crippen LogP contribution is 2.29. The van der Waals surface area contributed by atoms with Crippen LogP contribution in [0.25, 0.3) is 16.8 Å². The van der Waals surface area contributed by atoms with Crippen LogP contribution in [-0.2, 0) is 0 Å². The molecule has 3 nitrogen and oxygen atoms in total. The maximum absolute atomic E-state index is 6.25. The molecule has 2 heterocycles. The van der Waals surface area contributed by atoms with Gasteiger partial charge in [-0.1, -0.05) is 41.9 Å². The molecule has 2 aromatic heterocycles. The van der Waals surface area contributed by atoms with E-state index in [0.717, 1.165) is 22.5 Å². The number of hydrogen-bond donors (Lipinski definition) is 0. The van der Waals surface area contributed by atoms with Gasteiger partial charge in [-0.05, 0) is 12.5 Å². The molecule has 0 aliphatic rings. The molecule has 0 radical (unpaired) electrons. The van der Waals surface area contributed by atoms with E-state index in [-0.39, 0.29) is 0 Å². The second-order valence-corrected chi connectivity index (χ2v) is 4.19. The molecule has 0 N–H and O–H groups in total. The highest BCUT2D eigenvalue weighted by atomic mass is 35.5. The quantitative estimate of drug-likeness (QED) is 0.614. The van der Waals surface area contributed by atoms with E-state index in [1.807, 2.05) is 43.3 Å². The van der Waals surface area contributed by atoms with E-state index in [1.54, 1.807) is 10.7 Å². The van der Waals surface area contributed by atoms with Crippen LogP contribution < -0.4 is 0 Å². The van der Waals surface area contributed by atoms with Gasteiger partial charge in [0.25, 0.3) is 0 Å². The summed E-state index contributed by atoms with van der Waals surface area (Å²) in [6, 6.07) is 11.8. The first-order valence-electron chi connectivity index (χ1n) is 5.32. The summed E-state index contributed by atoms with van der Waals surface area (Å²) in [5.74, 6) is 0. The van der Waals surface area contributed by atoms with Crippen molar-refractivity contribution in [2.75, 3.05) is 0 Å². The van der Waals surface area contributed by atoms with Crippen LogP contribution in [0, 0.1) is 6.92 Å². The number of aromatic nitrogens is 3. The molecule has 0 fully saturated rings. The van der Waals surface area contributed by atoms with Crippen molar-refractivity contribution in [3.63, 3.8) is 0 Å². The van der Waals surface area contributed by atoms with Crippen molar-refractivity contribution in [1.29, 1.82) is 0 Å². The number of halogens is 1. The van der Waals surface area contributed by atoms with Crippen molar-refractivity contribution in [3.05, 3.63) is 53.4 Å². The average molecular weight is 244 g/mol. The first kappa shape index (κ1) is 10.3. The van der Waals surface area contributed by atoms with Gasteiger partial charge >= 0.3 is 0 Å². The van der Waals surface area contributed by atoms with Crippen LogP contribution in [-0.4, -0.2) is 14.6 Å². The lowest BCUT2D eigenvalue weighted by Crippen LogP contribution is -1.99. The molecule has 0 saturated heterocycles. The molecule has 3 rings (SSSR count). The lowest BCUT2D eigenvalue weighted by Gasteiger charge is -2.09. The highest BCUT2D eigenvalue weighted by Gasteiger charge is 2.12. The number of fused-ring (bicyclic) bond motifs is 1. The summed E-state index contributed by atoms with van der Waals surface area (Å²) in [5, 5.41) is 4.76. The topological polar surface area (TPSA) is 30.2 Å². The number of hydrogen-bond acceptors (Lipinski definition) is 2. The summed E-state index contributed by atoms with van der Waals surface area (Å²) in [6.45, 7) is 2.00. The molecule has 1 aromatic carbocycles. The zero-order valence-corrected chi connectivity index (χ0v) is 10.0. The fourth-order valence-electron chi connectivity index (χ4n) is 1.98. The summed E-state index contributed by atoms with van der Waals surface area (Å²) in [4.78, 5) is 4.34. The summed E-state index contributed by atoms with van der Waals surface area (Å²) in [7, 11) is 0. The van der Waals surface area contributed by atoms with Gasteiger partial charge in [0.15, 0.2) is 5.65 Å². The van der Waals surface area contributed by atoms with E-state index in [0.29, 0.717) is 5.15 Å². The molecular formula is C13H10ClN3. The maximum atomic E-state index is 6.25. The van der Waals surface area contributed by atoms with E-state index >= 15 is 0 Å². The monoisotopic (exact) mass is 243 g/mol. The normalized spacial score (nSPS) is 10.9. The molecule has 0 bridgehead atoms. The summed E-state index contributed by atoms with van der Waals surface area (Å²) >= 11 is 6.25. The van der Waals surface area contributed by atoms with Crippen molar-refractivity contribution in [1.82, 2.24) is 14.6 Å². The van der Waals surface area contributed by atoms with E-state index in [1.165, 1.54) is 0 Å². The predicted octanol–water partition coefficient (Wildman–Crippen LogP) is 3.36. The molecule has 0 amide bonds. The molecule has 17 heavy (non-hydrogen) atoms. The molecule has 0 aliphatic heterocycles. The van der Waals surface area contributed by atoms with Gasteiger partial charge in [-0.3, -0.25) is 0 Å². The Kier molecular flexibility index (Phi) is 2.34. The standard InChI is InChI=1S/C13H10ClN3/c1-9-12(10-5-3-2-4-6-10)13(14)16-11-7-8-15-17(9)11/h2-8H,1H3. The molecule has 4 heteroatoms. The minimum Gasteiger partial charge on any atom is -0.219 e. The van der Waals surface area contributed by atoms with Gasteiger partial charge in [0.2, 0.25) is 0 Å². The number of aryl methyl sites for hydroxylation is 1. The van der Waals surface area contributed by atoms with E-state index in [2.05, 4.69) is 10.1 Å². The second-order valence-electron chi connectivity index (χ2n) is 3.83. The van der Waals surface area contributed by atoms with Gasteiger partial charge in [0.1, 0.15) is 5.15 Å². The third-order valence-electron chi connectivity index (χ3n) is 2.78. The Morgan fingerprint density at radius 2 is 1.88 bits per heavy atom. The van der Waals surface area contributed by atoms with Crippen LogP contribution in [0.3, 0.4) is 0 Å². The Morgan fingerprint density at radius 3 is 2.65 bits per heavy atom. The van der Waals surface area contributed by atoms with Gasteiger partial charge in [0.05, 0.1) is 11.9 Å². The summed E-state index contributed by atoms with van der Waals surface area (Å²) < 4.78 is 1.80. The van der Waals surface area contributed by atoms with Crippen LogP contribution in [0.4, 0.5) is 0 Å². The Labute approximate surface area is 104 Å². The van der Waals surface area contributed by atoms with Crippen molar-refractivity contribution in [2.24, 2.45) is 0 Å². The van der Waals surface area contributed by atoms with Gasteiger partial charge in [-0.2, -0.15) is 5.10 Å². The molecule has 3 aromatic rings. The molecule has 0 unspecified atom stereocenters. The Bertz CT molecular complexity index is 674. The largest absolute Gasteiger partial charge is 0.219 e.